The fourth-order valence-electron chi connectivity index (χ4n) is 2.01. The van der Waals surface area contributed by atoms with Gasteiger partial charge in [0.1, 0.15) is 5.75 Å². The van der Waals surface area contributed by atoms with E-state index in [0.29, 0.717) is 5.92 Å². The molecule has 2 nitrogen and oxygen atoms in total. The Hall–Kier alpha value is -1.02. The Kier molecular flexibility index (Phi) is 4.51. The van der Waals surface area contributed by atoms with Crippen LogP contribution in [0.1, 0.15) is 46.1 Å². The molecule has 0 heterocycles. The van der Waals surface area contributed by atoms with Crippen molar-refractivity contribution in [3.8, 4) is 5.75 Å². The normalized spacial score (nSPS) is 17.3. The van der Waals surface area contributed by atoms with E-state index in [1.54, 1.807) is 0 Å². The lowest BCUT2D eigenvalue weighted by Gasteiger charge is -2.20. The van der Waals surface area contributed by atoms with Gasteiger partial charge in [-0.15, -0.1) is 0 Å². The van der Waals surface area contributed by atoms with Gasteiger partial charge in [0, 0.05) is 18.5 Å². The van der Waals surface area contributed by atoms with Crippen LogP contribution in [0.2, 0.25) is 0 Å². The predicted octanol–water partition coefficient (Wildman–Crippen LogP) is 3.75. The van der Waals surface area contributed by atoms with E-state index < -0.39 is 0 Å². The van der Waals surface area contributed by atoms with E-state index in [0.717, 1.165) is 24.9 Å². The summed E-state index contributed by atoms with van der Waals surface area (Å²) in [5.74, 6) is 1.55. The third-order valence-electron chi connectivity index (χ3n) is 3.57. The van der Waals surface area contributed by atoms with Crippen LogP contribution in [0.15, 0.2) is 24.3 Å². The SMILES string of the molecule is CC(CNC1CC1)COc1cccc(C(C)(C)C)c1. The highest BCUT2D eigenvalue weighted by molar-refractivity contribution is 5.32. The van der Waals surface area contributed by atoms with Gasteiger partial charge in [0.05, 0.1) is 6.61 Å². The lowest BCUT2D eigenvalue weighted by molar-refractivity contribution is 0.255. The van der Waals surface area contributed by atoms with Gasteiger partial charge in [-0.1, -0.05) is 39.8 Å². The van der Waals surface area contributed by atoms with Crippen molar-refractivity contribution in [1.29, 1.82) is 0 Å². The average Bonchev–Trinajstić information content (AvgIpc) is 3.17. The lowest BCUT2D eigenvalue weighted by Crippen LogP contribution is -2.26. The Morgan fingerprint density at radius 2 is 2.05 bits per heavy atom. The van der Waals surface area contributed by atoms with Crippen LogP contribution in [-0.4, -0.2) is 19.2 Å². The Balaban J connectivity index is 1.81. The van der Waals surface area contributed by atoms with Crippen LogP contribution in [0.5, 0.6) is 5.75 Å². The van der Waals surface area contributed by atoms with Crippen molar-refractivity contribution in [2.45, 2.75) is 52.0 Å². The molecule has 1 aliphatic carbocycles. The molecule has 1 saturated carbocycles. The maximum Gasteiger partial charge on any atom is 0.119 e. The van der Waals surface area contributed by atoms with Crippen LogP contribution in [0, 0.1) is 5.92 Å². The number of hydrogen-bond donors (Lipinski definition) is 1. The van der Waals surface area contributed by atoms with Crippen molar-refractivity contribution in [2.75, 3.05) is 13.2 Å². The van der Waals surface area contributed by atoms with E-state index in [1.165, 1.54) is 18.4 Å². The van der Waals surface area contributed by atoms with E-state index in [9.17, 15) is 0 Å². The molecule has 1 atom stereocenters. The van der Waals surface area contributed by atoms with E-state index in [1.807, 2.05) is 0 Å². The third-order valence-corrected chi connectivity index (χ3v) is 3.57. The monoisotopic (exact) mass is 261 g/mol. The molecule has 1 aromatic rings. The summed E-state index contributed by atoms with van der Waals surface area (Å²) < 4.78 is 5.92. The summed E-state index contributed by atoms with van der Waals surface area (Å²) in [4.78, 5) is 0. The van der Waals surface area contributed by atoms with Crippen LogP contribution in [0.4, 0.5) is 0 Å². The van der Waals surface area contributed by atoms with Gasteiger partial charge in [-0.3, -0.25) is 0 Å². The van der Waals surface area contributed by atoms with Gasteiger partial charge in [-0.05, 0) is 36.0 Å². The number of hydrogen-bond acceptors (Lipinski definition) is 2. The van der Waals surface area contributed by atoms with Crippen molar-refractivity contribution >= 4 is 0 Å². The second-order valence-corrected chi connectivity index (χ2v) is 6.88. The Bertz CT molecular complexity index is 404. The summed E-state index contributed by atoms with van der Waals surface area (Å²) in [5, 5.41) is 3.55. The molecule has 0 aliphatic heterocycles. The van der Waals surface area contributed by atoms with Crippen LogP contribution in [0.3, 0.4) is 0 Å². The number of nitrogens with one attached hydrogen (secondary N) is 1. The first-order valence-corrected chi connectivity index (χ1v) is 7.42. The highest BCUT2D eigenvalue weighted by Crippen LogP contribution is 2.25. The van der Waals surface area contributed by atoms with Gasteiger partial charge < -0.3 is 10.1 Å². The standard InChI is InChI=1S/C17H27NO/c1-13(11-18-15-8-9-15)12-19-16-7-5-6-14(10-16)17(2,3)4/h5-7,10,13,15,18H,8-9,11-12H2,1-4H3. The number of ether oxygens (including phenoxy) is 1. The van der Waals surface area contributed by atoms with Gasteiger partial charge in [-0.25, -0.2) is 0 Å². The summed E-state index contributed by atoms with van der Waals surface area (Å²) >= 11 is 0. The molecule has 0 spiro atoms. The predicted molar refractivity (Wildman–Crippen MR) is 80.8 cm³/mol. The quantitative estimate of drug-likeness (QED) is 0.842. The van der Waals surface area contributed by atoms with Crippen molar-refractivity contribution in [3.63, 3.8) is 0 Å². The van der Waals surface area contributed by atoms with Gasteiger partial charge in [0.25, 0.3) is 0 Å². The van der Waals surface area contributed by atoms with Crippen LogP contribution in [-0.2, 0) is 5.41 Å². The summed E-state index contributed by atoms with van der Waals surface area (Å²) in [6.45, 7) is 10.8. The van der Waals surface area contributed by atoms with E-state index in [4.69, 9.17) is 4.74 Å². The molecule has 0 aromatic heterocycles. The largest absolute Gasteiger partial charge is 0.493 e. The lowest BCUT2D eigenvalue weighted by atomic mass is 9.87. The second kappa shape index (κ2) is 5.96. The minimum absolute atomic E-state index is 0.179. The van der Waals surface area contributed by atoms with E-state index in [2.05, 4.69) is 57.3 Å². The van der Waals surface area contributed by atoms with E-state index in [-0.39, 0.29) is 5.41 Å². The summed E-state index contributed by atoms with van der Waals surface area (Å²) in [5.41, 5.74) is 1.51. The van der Waals surface area contributed by atoms with E-state index >= 15 is 0 Å². The van der Waals surface area contributed by atoms with Gasteiger partial charge in [0.2, 0.25) is 0 Å². The maximum atomic E-state index is 5.92. The molecule has 2 heteroatoms. The molecule has 0 amide bonds. The Morgan fingerprint density at radius 3 is 2.68 bits per heavy atom. The van der Waals surface area contributed by atoms with Crippen molar-refractivity contribution in [1.82, 2.24) is 5.32 Å². The molecule has 0 radical (unpaired) electrons. The molecule has 1 aliphatic rings. The first kappa shape index (κ1) is 14.4. The first-order valence-electron chi connectivity index (χ1n) is 7.42. The minimum atomic E-state index is 0.179. The van der Waals surface area contributed by atoms with Gasteiger partial charge >= 0.3 is 0 Å². The van der Waals surface area contributed by atoms with Crippen LogP contribution >= 0.6 is 0 Å². The maximum absolute atomic E-state index is 5.92. The minimum Gasteiger partial charge on any atom is -0.493 e. The zero-order valence-electron chi connectivity index (χ0n) is 12.7. The zero-order chi connectivity index (χ0) is 13.9. The van der Waals surface area contributed by atoms with Crippen LogP contribution in [0.25, 0.3) is 0 Å². The Labute approximate surface area is 117 Å². The van der Waals surface area contributed by atoms with Crippen molar-refractivity contribution in [3.05, 3.63) is 29.8 Å². The summed E-state index contributed by atoms with van der Waals surface area (Å²) in [6, 6.07) is 9.26. The van der Waals surface area contributed by atoms with Crippen molar-refractivity contribution in [2.24, 2.45) is 5.92 Å². The fraction of sp³-hybridized carbons (Fsp3) is 0.647. The zero-order valence-corrected chi connectivity index (χ0v) is 12.7. The first-order chi connectivity index (χ1) is 8.95. The van der Waals surface area contributed by atoms with Crippen molar-refractivity contribution < 1.29 is 4.74 Å². The number of rotatable bonds is 6. The molecular formula is C17H27NO. The van der Waals surface area contributed by atoms with Crippen LogP contribution < -0.4 is 10.1 Å². The van der Waals surface area contributed by atoms with Gasteiger partial charge in [0.15, 0.2) is 0 Å². The molecule has 0 bridgehead atoms. The molecule has 1 fully saturated rings. The third kappa shape index (κ3) is 4.87. The average molecular weight is 261 g/mol. The summed E-state index contributed by atoms with van der Waals surface area (Å²) in [6.07, 6.45) is 2.70. The summed E-state index contributed by atoms with van der Waals surface area (Å²) in [7, 11) is 0. The highest BCUT2D eigenvalue weighted by Gasteiger charge is 2.21. The fourth-order valence-corrected chi connectivity index (χ4v) is 2.01. The smallest absolute Gasteiger partial charge is 0.119 e. The molecule has 1 N–H and O–H groups in total. The molecule has 19 heavy (non-hydrogen) atoms. The molecule has 2 rings (SSSR count). The molecule has 1 aromatic carbocycles. The highest BCUT2D eigenvalue weighted by atomic mass is 16.5. The second-order valence-electron chi connectivity index (χ2n) is 6.88. The van der Waals surface area contributed by atoms with Gasteiger partial charge in [-0.2, -0.15) is 0 Å². The molecular weight excluding hydrogens is 234 g/mol. The topological polar surface area (TPSA) is 21.3 Å². The Morgan fingerprint density at radius 1 is 1.32 bits per heavy atom. The molecule has 1 unspecified atom stereocenters. The number of benzene rings is 1. The molecule has 106 valence electrons. The molecule has 0 saturated heterocycles.